The van der Waals surface area contributed by atoms with Crippen LogP contribution in [0.5, 0.6) is 0 Å². The normalized spacial score (nSPS) is 11.8. The molecule has 5 nitrogen and oxygen atoms in total. The van der Waals surface area contributed by atoms with Crippen LogP contribution in [0, 0.1) is 0 Å². The van der Waals surface area contributed by atoms with E-state index in [9.17, 15) is 0 Å². The Morgan fingerprint density at radius 3 is 2.30 bits per heavy atom. The average Bonchev–Trinajstić information content (AvgIpc) is 3.51. The lowest BCUT2D eigenvalue weighted by atomic mass is 10.1. The summed E-state index contributed by atoms with van der Waals surface area (Å²) < 4.78 is 12.1. The topological polar surface area (TPSA) is 55.3 Å². The van der Waals surface area contributed by atoms with Crippen LogP contribution in [0.1, 0.15) is 0 Å². The lowest BCUT2D eigenvalue weighted by Crippen LogP contribution is -2.10. The van der Waals surface area contributed by atoms with E-state index < -0.39 is 0 Å². The highest BCUT2D eigenvalue weighted by Gasteiger charge is 2.19. The molecule has 5 heteroatoms. The molecule has 0 saturated carbocycles. The molecule has 0 atom stereocenters. The highest BCUT2D eigenvalue weighted by molar-refractivity contribution is 6.08. The smallest absolute Gasteiger partial charge is 0.227 e. The Morgan fingerprint density at radius 2 is 1.32 bits per heavy atom. The molecular weight excluding hydrogens is 458 g/mol. The number of anilines is 3. The number of nitrogens with zero attached hydrogens (tertiary/aromatic N) is 3. The fraction of sp³-hybridized carbons (Fsp3) is 0. The van der Waals surface area contributed by atoms with E-state index in [-0.39, 0.29) is 0 Å². The fourth-order valence-electron chi connectivity index (χ4n) is 5.31. The van der Waals surface area contributed by atoms with Crippen molar-refractivity contribution in [2.45, 2.75) is 0 Å². The van der Waals surface area contributed by atoms with Gasteiger partial charge in [-0.1, -0.05) is 54.6 Å². The summed E-state index contributed by atoms with van der Waals surface area (Å²) in [5.41, 5.74) is 6.10. The van der Waals surface area contributed by atoms with E-state index in [0.29, 0.717) is 5.71 Å². The van der Waals surface area contributed by atoms with E-state index in [1.165, 1.54) is 5.39 Å². The molecule has 0 spiro atoms. The highest BCUT2D eigenvalue weighted by atomic mass is 16.3. The third kappa shape index (κ3) is 3.04. The molecule has 0 radical (unpaired) electrons. The summed E-state index contributed by atoms with van der Waals surface area (Å²) in [7, 11) is 0. The van der Waals surface area contributed by atoms with Gasteiger partial charge in [0.05, 0.1) is 29.2 Å². The van der Waals surface area contributed by atoms with E-state index in [0.717, 1.165) is 60.7 Å². The number of hydrogen-bond acceptors (Lipinski definition) is 5. The van der Waals surface area contributed by atoms with Crippen molar-refractivity contribution in [2.24, 2.45) is 0 Å². The van der Waals surface area contributed by atoms with Gasteiger partial charge in [0.25, 0.3) is 0 Å². The first-order valence-electron chi connectivity index (χ1n) is 12.1. The van der Waals surface area contributed by atoms with Crippen molar-refractivity contribution in [3.8, 4) is 0 Å². The third-order valence-electron chi connectivity index (χ3n) is 7.00. The molecular formula is C32H19N3O2. The van der Waals surface area contributed by atoms with Gasteiger partial charge in [-0.05, 0) is 47.9 Å². The molecule has 4 aromatic heterocycles. The number of fused-ring (bicyclic) bond motifs is 7. The Hall–Kier alpha value is -5.16. The van der Waals surface area contributed by atoms with E-state index in [2.05, 4.69) is 76.6 Å². The first kappa shape index (κ1) is 20.1. The minimum atomic E-state index is 0.631. The van der Waals surface area contributed by atoms with Crippen LogP contribution in [0.4, 0.5) is 17.1 Å². The van der Waals surface area contributed by atoms with Crippen molar-refractivity contribution in [1.29, 1.82) is 0 Å². The fourth-order valence-corrected chi connectivity index (χ4v) is 5.31. The monoisotopic (exact) mass is 477 g/mol. The molecule has 0 unspecified atom stereocenters. The molecule has 8 aromatic rings. The maximum Gasteiger partial charge on any atom is 0.227 e. The average molecular weight is 478 g/mol. The van der Waals surface area contributed by atoms with Crippen molar-refractivity contribution in [3.63, 3.8) is 0 Å². The second-order valence-electron chi connectivity index (χ2n) is 9.13. The summed E-state index contributed by atoms with van der Waals surface area (Å²) in [6.07, 6.45) is 5.45. The van der Waals surface area contributed by atoms with Gasteiger partial charge in [-0.25, -0.2) is 4.98 Å². The number of aromatic nitrogens is 2. The van der Waals surface area contributed by atoms with Crippen LogP contribution in [0.2, 0.25) is 0 Å². The lowest BCUT2D eigenvalue weighted by Gasteiger charge is -2.26. The standard InChI is InChI=1S/C32H19N3O2/c1-2-8-23-20(6-1)7-5-10-28(23)35(21-12-13-30-26(16-21)25-14-15-33-19-31(25)36-30)22-17-27-24-9-3-4-11-29(24)37-32(27)34-18-22/h1-19H. The summed E-state index contributed by atoms with van der Waals surface area (Å²) in [5.74, 6) is 0. The third-order valence-corrected chi connectivity index (χ3v) is 7.00. The minimum Gasteiger partial charge on any atom is -0.454 e. The maximum absolute atomic E-state index is 6.06. The summed E-state index contributed by atoms with van der Waals surface area (Å²) >= 11 is 0. The van der Waals surface area contributed by atoms with Gasteiger partial charge in [0.2, 0.25) is 5.71 Å². The molecule has 0 aliphatic rings. The van der Waals surface area contributed by atoms with Gasteiger partial charge in [-0.15, -0.1) is 0 Å². The minimum absolute atomic E-state index is 0.631. The van der Waals surface area contributed by atoms with Crippen LogP contribution in [-0.2, 0) is 0 Å². The zero-order chi connectivity index (χ0) is 24.3. The van der Waals surface area contributed by atoms with Crippen LogP contribution in [0.3, 0.4) is 0 Å². The number of para-hydroxylation sites is 1. The van der Waals surface area contributed by atoms with Crippen LogP contribution in [0.15, 0.2) is 124 Å². The zero-order valence-electron chi connectivity index (χ0n) is 19.6. The molecule has 4 heterocycles. The largest absolute Gasteiger partial charge is 0.454 e. The van der Waals surface area contributed by atoms with Gasteiger partial charge in [-0.2, -0.15) is 0 Å². The van der Waals surface area contributed by atoms with Crippen molar-refractivity contribution < 1.29 is 8.83 Å². The SMILES string of the molecule is c1ccc2c(N(c3ccc4oc5cnccc5c4c3)c3cnc4oc5ccccc5c4c3)cccc2c1. The summed E-state index contributed by atoms with van der Waals surface area (Å²) in [6, 6.07) is 33.4. The number of benzene rings is 4. The first-order chi connectivity index (χ1) is 18.3. The van der Waals surface area contributed by atoms with Crippen LogP contribution < -0.4 is 4.90 Å². The zero-order valence-corrected chi connectivity index (χ0v) is 19.6. The molecule has 37 heavy (non-hydrogen) atoms. The maximum atomic E-state index is 6.06. The predicted octanol–water partition coefficient (Wildman–Crippen LogP) is 8.90. The number of furan rings is 2. The number of pyridine rings is 2. The first-order valence-corrected chi connectivity index (χ1v) is 12.1. The lowest BCUT2D eigenvalue weighted by molar-refractivity contribution is 0.654. The van der Waals surface area contributed by atoms with E-state index in [1.807, 2.05) is 36.5 Å². The molecule has 0 fully saturated rings. The summed E-state index contributed by atoms with van der Waals surface area (Å²) in [6.45, 7) is 0. The van der Waals surface area contributed by atoms with E-state index in [1.54, 1.807) is 12.4 Å². The van der Waals surface area contributed by atoms with Crippen LogP contribution >= 0.6 is 0 Å². The van der Waals surface area contributed by atoms with Gasteiger partial charge in [0, 0.05) is 33.4 Å². The van der Waals surface area contributed by atoms with Gasteiger partial charge in [0.15, 0.2) is 5.58 Å². The summed E-state index contributed by atoms with van der Waals surface area (Å²) in [4.78, 5) is 11.2. The van der Waals surface area contributed by atoms with Crippen molar-refractivity contribution >= 4 is 71.8 Å². The van der Waals surface area contributed by atoms with Gasteiger partial charge in [-0.3, -0.25) is 4.98 Å². The van der Waals surface area contributed by atoms with Gasteiger partial charge in [0.1, 0.15) is 11.2 Å². The Bertz CT molecular complexity index is 2000. The van der Waals surface area contributed by atoms with Crippen molar-refractivity contribution in [3.05, 3.63) is 116 Å². The molecule has 0 bridgehead atoms. The van der Waals surface area contributed by atoms with Crippen LogP contribution in [0.25, 0.3) is 54.8 Å². The Labute approximate surface area is 211 Å². The van der Waals surface area contributed by atoms with E-state index in [4.69, 9.17) is 13.8 Å². The second-order valence-corrected chi connectivity index (χ2v) is 9.13. The van der Waals surface area contributed by atoms with Crippen molar-refractivity contribution in [1.82, 2.24) is 9.97 Å². The summed E-state index contributed by atoms with van der Waals surface area (Å²) in [5, 5.41) is 6.45. The molecule has 0 saturated heterocycles. The van der Waals surface area contributed by atoms with E-state index >= 15 is 0 Å². The molecule has 0 aliphatic carbocycles. The van der Waals surface area contributed by atoms with Gasteiger partial charge >= 0.3 is 0 Å². The molecule has 8 rings (SSSR count). The molecule has 0 N–H and O–H groups in total. The Kier molecular flexibility index (Phi) is 4.16. The highest BCUT2D eigenvalue weighted by Crippen LogP contribution is 2.42. The number of hydrogen-bond donors (Lipinski definition) is 0. The molecule has 174 valence electrons. The molecule has 0 amide bonds. The molecule has 4 aromatic carbocycles. The Morgan fingerprint density at radius 1 is 0.541 bits per heavy atom. The predicted molar refractivity (Wildman–Crippen MR) is 149 cm³/mol. The van der Waals surface area contributed by atoms with Gasteiger partial charge < -0.3 is 13.7 Å². The van der Waals surface area contributed by atoms with Crippen LogP contribution in [-0.4, -0.2) is 9.97 Å². The quantitative estimate of drug-likeness (QED) is 0.254. The van der Waals surface area contributed by atoms with Crippen molar-refractivity contribution in [2.75, 3.05) is 4.90 Å². The Balaban J connectivity index is 1.43. The molecule has 0 aliphatic heterocycles. The number of rotatable bonds is 3. The second kappa shape index (κ2) is 7.67.